The molecule has 0 radical (unpaired) electrons. The molecule has 0 spiro atoms. The van der Waals surface area contributed by atoms with E-state index in [2.05, 4.69) is 43.6 Å². The van der Waals surface area contributed by atoms with E-state index in [4.69, 9.17) is 0 Å². The minimum Gasteiger partial charge on any atom is -0.369 e. The molecule has 0 saturated heterocycles. The van der Waals surface area contributed by atoms with Crippen LogP contribution in [0.5, 0.6) is 0 Å². The van der Waals surface area contributed by atoms with Crippen molar-refractivity contribution >= 4 is 33.1 Å². The number of aromatic nitrogens is 5. The molecule has 4 rings (SSSR count). The van der Waals surface area contributed by atoms with Gasteiger partial charge >= 0.3 is 0 Å². The number of rotatable bonds is 5. The minimum absolute atomic E-state index is 0.734. The summed E-state index contributed by atoms with van der Waals surface area (Å²) >= 11 is 1.65. The molecule has 116 valence electrons. The molecule has 0 fully saturated rings. The van der Waals surface area contributed by atoms with Crippen LogP contribution in [-0.2, 0) is 12.8 Å². The van der Waals surface area contributed by atoms with Crippen LogP contribution in [0.15, 0.2) is 36.1 Å². The van der Waals surface area contributed by atoms with Gasteiger partial charge in [-0.05, 0) is 17.5 Å². The van der Waals surface area contributed by atoms with Gasteiger partial charge < -0.3 is 5.32 Å². The van der Waals surface area contributed by atoms with E-state index in [0.717, 1.165) is 52.7 Å². The van der Waals surface area contributed by atoms with Gasteiger partial charge in [0.15, 0.2) is 0 Å². The van der Waals surface area contributed by atoms with Crippen LogP contribution < -0.4 is 5.32 Å². The van der Waals surface area contributed by atoms with E-state index in [9.17, 15) is 0 Å². The second-order valence-corrected chi connectivity index (χ2v) is 6.11. The molecule has 0 aliphatic carbocycles. The van der Waals surface area contributed by atoms with Crippen LogP contribution in [0.25, 0.3) is 16.0 Å². The van der Waals surface area contributed by atoms with E-state index in [-0.39, 0.29) is 0 Å². The standard InChI is InChI=1S/C16H16N6S/c1-2-13-20-14(12-5-9-23-15(12)21-13)17-7-4-11-10-22-8-3-6-18-16(22)19-11/h3,5-6,8-10H,2,4,7H2,1H3,(H,17,20,21). The number of fused-ring (bicyclic) bond motifs is 2. The highest BCUT2D eigenvalue weighted by molar-refractivity contribution is 7.16. The Morgan fingerprint density at radius 1 is 1.26 bits per heavy atom. The molecule has 7 heteroatoms. The summed E-state index contributed by atoms with van der Waals surface area (Å²) in [5, 5.41) is 6.57. The fourth-order valence-corrected chi connectivity index (χ4v) is 3.28. The van der Waals surface area contributed by atoms with Crippen LogP contribution >= 0.6 is 11.3 Å². The van der Waals surface area contributed by atoms with E-state index in [1.165, 1.54) is 0 Å². The maximum absolute atomic E-state index is 4.61. The molecule has 23 heavy (non-hydrogen) atoms. The largest absolute Gasteiger partial charge is 0.369 e. The normalized spacial score (nSPS) is 11.3. The molecule has 6 nitrogen and oxygen atoms in total. The number of nitrogens with zero attached hydrogens (tertiary/aromatic N) is 5. The van der Waals surface area contributed by atoms with Gasteiger partial charge in [-0.2, -0.15) is 0 Å². The maximum atomic E-state index is 4.61. The third-order valence-corrected chi connectivity index (χ3v) is 4.45. The van der Waals surface area contributed by atoms with Gasteiger partial charge in [-0.25, -0.2) is 19.9 Å². The zero-order valence-electron chi connectivity index (χ0n) is 12.7. The first-order valence-electron chi connectivity index (χ1n) is 7.60. The van der Waals surface area contributed by atoms with Gasteiger partial charge in [-0.3, -0.25) is 4.40 Å². The quantitative estimate of drug-likeness (QED) is 0.611. The summed E-state index contributed by atoms with van der Waals surface area (Å²) in [5.74, 6) is 2.52. The van der Waals surface area contributed by atoms with Crippen molar-refractivity contribution in [2.75, 3.05) is 11.9 Å². The Hall–Kier alpha value is -2.54. The Kier molecular flexibility index (Phi) is 3.63. The Labute approximate surface area is 137 Å². The molecule has 0 atom stereocenters. The Balaban J connectivity index is 1.51. The third kappa shape index (κ3) is 2.75. The van der Waals surface area contributed by atoms with Gasteiger partial charge in [0.1, 0.15) is 16.5 Å². The number of hydrogen-bond acceptors (Lipinski definition) is 6. The van der Waals surface area contributed by atoms with E-state index in [1.54, 1.807) is 17.5 Å². The predicted molar refractivity (Wildman–Crippen MR) is 92.0 cm³/mol. The van der Waals surface area contributed by atoms with Crippen LogP contribution in [0.1, 0.15) is 18.4 Å². The smallest absolute Gasteiger partial charge is 0.233 e. The Morgan fingerprint density at radius 3 is 3.09 bits per heavy atom. The summed E-state index contributed by atoms with van der Waals surface area (Å²) in [4.78, 5) is 19.0. The van der Waals surface area contributed by atoms with Gasteiger partial charge in [-0.1, -0.05) is 6.92 Å². The Bertz CT molecular complexity index is 924. The lowest BCUT2D eigenvalue weighted by Gasteiger charge is -2.07. The fourth-order valence-electron chi connectivity index (χ4n) is 2.50. The van der Waals surface area contributed by atoms with Crippen molar-refractivity contribution in [1.29, 1.82) is 0 Å². The van der Waals surface area contributed by atoms with Crippen molar-refractivity contribution in [1.82, 2.24) is 24.3 Å². The number of anilines is 1. The molecule has 4 heterocycles. The van der Waals surface area contributed by atoms with Crippen LogP contribution in [0.3, 0.4) is 0 Å². The minimum atomic E-state index is 0.734. The van der Waals surface area contributed by atoms with Crippen LogP contribution in [0.2, 0.25) is 0 Å². The van der Waals surface area contributed by atoms with Gasteiger partial charge in [-0.15, -0.1) is 11.3 Å². The lowest BCUT2D eigenvalue weighted by Crippen LogP contribution is -2.08. The van der Waals surface area contributed by atoms with Crippen LogP contribution in [-0.4, -0.2) is 30.9 Å². The second-order valence-electron chi connectivity index (χ2n) is 5.22. The van der Waals surface area contributed by atoms with E-state index >= 15 is 0 Å². The molecule has 0 aromatic carbocycles. The average Bonchev–Trinajstić information content (AvgIpc) is 3.20. The van der Waals surface area contributed by atoms with Crippen molar-refractivity contribution < 1.29 is 0 Å². The molecule has 0 unspecified atom stereocenters. The van der Waals surface area contributed by atoms with E-state index in [1.807, 2.05) is 22.9 Å². The van der Waals surface area contributed by atoms with Crippen LogP contribution in [0.4, 0.5) is 5.82 Å². The molecule has 0 aliphatic rings. The summed E-state index contributed by atoms with van der Waals surface area (Å²) in [6.07, 6.45) is 7.38. The summed E-state index contributed by atoms with van der Waals surface area (Å²) in [6.45, 7) is 2.84. The number of imidazole rings is 1. The van der Waals surface area contributed by atoms with E-state index < -0.39 is 0 Å². The van der Waals surface area contributed by atoms with Gasteiger partial charge in [0.05, 0.1) is 11.1 Å². The molecule has 4 aromatic heterocycles. The first-order valence-corrected chi connectivity index (χ1v) is 8.48. The molecule has 0 amide bonds. The second kappa shape index (κ2) is 5.92. The van der Waals surface area contributed by atoms with Gasteiger partial charge in [0.2, 0.25) is 5.78 Å². The van der Waals surface area contributed by atoms with Crippen molar-refractivity contribution in [3.05, 3.63) is 47.6 Å². The number of hydrogen-bond donors (Lipinski definition) is 1. The van der Waals surface area contributed by atoms with Crippen molar-refractivity contribution in [2.24, 2.45) is 0 Å². The Morgan fingerprint density at radius 2 is 2.22 bits per heavy atom. The zero-order chi connectivity index (χ0) is 15.6. The fraction of sp³-hybridized carbons (Fsp3) is 0.250. The predicted octanol–water partition coefficient (Wildman–Crippen LogP) is 2.95. The average molecular weight is 324 g/mol. The molecular formula is C16H16N6S. The first-order chi connectivity index (χ1) is 11.3. The molecule has 0 bridgehead atoms. The zero-order valence-corrected chi connectivity index (χ0v) is 13.5. The summed E-state index contributed by atoms with van der Waals surface area (Å²) in [6, 6.07) is 3.97. The third-order valence-electron chi connectivity index (χ3n) is 3.65. The SMILES string of the molecule is CCc1nc(NCCc2cn3cccnc3n2)c2ccsc2n1. The topological polar surface area (TPSA) is 68.0 Å². The highest BCUT2D eigenvalue weighted by Crippen LogP contribution is 2.25. The number of thiophene rings is 1. The van der Waals surface area contributed by atoms with Crippen molar-refractivity contribution in [3.63, 3.8) is 0 Å². The summed E-state index contributed by atoms with van der Waals surface area (Å²) in [5.41, 5.74) is 1.02. The molecular weight excluding hydrogens is 308 g/mol. The summed E-state index contributed by atoms with van der Waals surface area (Å²) < 4.78 is 1.94. The monoisotopic (exact) mass is 324 g/mol. The lowest BCUT2D eigenvalue weighted by atomic mass is 10.3. The maximum Gasteiger partial charge on any atom is 0.233 e. The van der Waals surface area contributed by atoms with Gasteiger partial charge in [0.25, 0.3) is 0 Å². The molecule has 0 saturated carbocycles. The first kappa shape index (κ1) is 14.1. The molecule has 4 aromatic rings. The van der Waals surface area contributed by atoms with E-state index in [0.29, 0.717) is 0 Å². The number of aryl methyl sites for hydroxylation is 1. The van der Waals surface area contributed by atoms with Gasteiger partial charge in [0, 0.05) is 38.0 Å². The lowest BCUT2D eigenvalue weighted by molar-refractivity contribution is 0.936. The molecule has 0 aliphatic heterocycles. The number of nitrogens with one attached hydrogen (secondary N) is 1. The van der Waals surface area contributed by atoms with Crippen molar-refractivity contribution in [3.8, 4) is 0 Å². The highest BCUT2D eigenvalue weighted by Gasteiger charge is 2.08. The summed E-state index contributed by atoms with van der Waals surface area (Å²) in [7, 11) is 0. The highest BCUT2D eigenvalue weighted by atomic mass is 32.1. The molecule has 1 N–H and O–H groups in total. The van der Waals surface area contributed by atoms with Crippen molar-refractivity contribution in [2.45, 2.75) is 19.8 Å². The van der Waals surface area contributed by atoms with Crippen LogP contribution in [0, 0.1) is 0 Å².